The van der Waals surface area contributed by atoms with Crippen LogP contribution in [0.4, 0.5) is 5.69 Å². The molecule has 1 aliphatic rings. The third-order valence-corrected chi connectivity index (χ3v) is 2.66. The number of ether oxygens (including phenoxy) is 2. The van der Waals surface area contributed by atoms with Crippen LogP contribution in [0.25, 0.3) is 0 Å². The highest BCUT2D eigenvalue weighted by Gasteiger charge is 2.18. The Bertz CT molecular complexity index is 416. The van der Waals surface area contributed by atoms with Crippen LogP contribution in [-0.2, 0) is 4.74 Å². The van der Waals surface area contributed by atoms with E-state index in [1.54, 1.807) is 0 Å². The van der Waals surface area contributed by atoms with Crippen LogP contribution < -0.4 is 10.5 Å². The second-order valence-electron chi connectivity index (χ2n) is 3.92. The third kappa shape index (κ3) is 2.65. The van der Waals surface area contributed by atoms with Crippen LogP contribution in [0, 0.1) is 5.92 Å². The molecule has 1 atom stereocenters. The minimum atomic E-state index is -1.08. The molecule has 2 rings (SSSR count). The van der Waals surface area contributed by atoms with Crippen molar-refractivity contribution >= 4 is 11.7 Å². The molecule has 0 bridgehead atoms. The van der Waals surface area contributed by atoms with E-state index in [-0.39, 0.29) is 17.1 Å². The molecule has 0 amide bonds. The number of anilines is 1. The van der Waals surface area contributed by atoms with Crippen molar-refractivity contribution in [3.8, 4) is 5.88 Å². The maximum Gasteiger partial charge on any atom is 0.338 e. The van der Waals surface area contributed by atoms with Gasteiger partial charge in [0.25, 0.3) is 0 Å². The van der Waals surface area contributed by atoms with E-state index in [2.05, 4.69) is 4.98 Å². The fourth-order valence-electron chi connectivity index (χ4n) is 1.67. The molecule has 3 N–H and O–H groups in total. The van der Waals surface area contributed by atoms with Crippen molar-refractivity contribution in [1.82, 2.24) is 4.98 Å². The lowest BCUT2D eigenvalue weighted by atomic mass is 10.1. The van der Waals surface area contributed by atoms with Crippen LogP contribution in [0.1, 0.15) is 16.8 Å². The highest BCUT2D eigenvalue weighted by atomic mass is 16.5. The smallest absolute Gasteiger partial charge is 0.338 e. The van der Waals surface area contributed by atoms with E-state index < -0.39 is 5.97 Å². The largest absolute Gasteiger partial charge is 0.478 e. The van der Waals surface area contributed by atoms with Crippen LogP contribution in [0.15, 0.2) is 12.3 Å². The van der Waals surface area contributed by atoms with Crippen LogP contribution in [0.3, 0.4) is 0 Å². The van der Waals surface area contributed by atoms with Crippen LogP contribution >= 0.6 is 0 Å². The molecule has 1 aromatic heterocycles. The van der Waals surface area contributed by atoms with E-state index in [4.69, 9.17) is 20.3 Å². The lowest BCUT2D eigenvalue weighted by Crippen LogP contribution is -2.14. The van der Waals surface area contributed by atoms with Crippen molar-refractivity contribution in [1.29, 1.82) is 0 Å². The molecule has 0 saturated carbocycles. The summed E-state index contributed by atoms with van der Waals surface area (Å²) in [5.41, 5.74) is 5.75. The van der Waals surface area contributed by atoms with Gasteiger partial charge in [-0.05, 0) is 12.5 Å². The molecular formula is C11H14N2O4. The lowest BCUT2D eigenvalue weighted by Gasteiger charge is -2.11. The number of carboxylic acid groups (broad SMARTS) is 1. The van der Waals surface area contributed by atoms with Gasteiger partial charge in [-0.1, -0.05) is 0 Å². The predicted octanol–water partition coefficient (Wildman–Crippen LogP) is 0.777. The Morgan fingerprint density at radius 2 is 2.53 bits per heavy atom. The van der Waals surface area contributed by atoms with Crippen molar-refractivity contribution in [2.45, 2.75) is 6.42 Å². The molecule has 0 aromatic carbocycles. The Hall–Kier alpha value is -1.82. The number of hydrogen-bond acceptors (Lipinski definition) is 5. The zero-order chi connectivity index (χ0) is 12.3. The zero-order valence-corrected chi connectivity index (χ0v) is 9.26. The number of nitrogens with two attached hydrogens (primary N) is 1. The number of aromatic nitrogens is 1. The van der Waals surface area contributed by atoms with Gasteiger partial charge in [0.15, 0.2) is 0 Å². The zero-order valence-electron chi connectivity index (χ0n) is 9.26. The SMILES string of the molecule is Nc1c(C(=O)O)ccnc1OCC1CCOC1. The fourth-order valence-corrected chi connectivity index (χ4v) is 1.67. The molecule has 2 heterocycles. The molecule has 0 spiro atoms. The first-order valence-electron chi connectivity index (χ1n) is 5.37. The average Bonchev–Trinajstić information content (AvgIpc) is 2.80. The van der Waals surface area contributed by atoms with E-state index in [0.29, 0.717) is 19.1 Å². The maximum atomic E-state index is 10.9. The third-order valence-electron chi connectivity index (χ3n) is 2.66. The molecule has 17 heavy (non-hydrogen) atoms. The van der Waals surface area contributed by atoms with Crippen LogP contribution in [0.2, 0.25) is 0 Å². The number of nitrogen functional groups attached to an aromatic ring is 1. The summed E-state index contributed by atoms with van der Waals surface area (Å²) in [6, 6.07) is 1.35. The Morgan fingerprint density at radius 3 is 3.18 bits per heavy atom. The molecule has 92 valence electrons. The number of rotatable bonds is 4. The monoisotopic (exact) mass is 238 g/mol. The van der Waals surface area contributed by atoms with E-state index >= 15 is 0 Å². The number of carboxylic acids is 1. The summed E-state index contributed by atoms with van der Waals surface area (Å²) in [6.45, 7) is 1.85. The average molecular weight is 238 g/mol. The van der Waals surface area contributed by atoms with Crippen molar-refractivity contribution in [3.63, 3.8) is 0 Å². The summed E-state index contributed by atoms with van der Waals surface area (Å²) in [6.07, 6.45) is 2.32. The standard InChI is InChI=1S/C11H14N2O4/c12-9-8(11(14)15)1-3-13-10(9)17-6-7-2-4-16-5-7/h1,3,7H,2,4-6,12H2,(H,14,15). The molecule has 6 heteroatoms. The van der Waals surface area contributed by atoms with Crippen molar-refractivity contribution in [2.24, 2.45) is 5.92 Å². The van der Waals surface area contributed by atoms with Crippen molar-refractivity contribution in [3.05, 3.63) is 17.8 Å². The second-order valence-corrected chi connectivity index (χ2v) is 3.92. The van der Waals surface area contributed by atoms with Gasteiger partial charge in [0.05, 0.1) is 18.8 Å². The van der Waals surface area contributed by atoms with Gasteiger partial charge in [0, 0.05) is 18.7 Å². The molecule has 0 radical (unpaired) electrons. The van der Waals surface area contributed by atoms with E-state index in [9.17, 15) is 4.79 Å². The number of carbonyl (C=O) groups is 1. The summed E-state index contributed by atoms with van der Waals surface area (Å²) < 4.78 is 10.6. The van der Waals surface area contributed by atoms with Gasteiger partial charge in [-0.2, -0.15) is 0 Å². The number of nitrogens with zero attached hydrogens (tertiary/aromatic N) is 1. The molecule has 1 aliphatic heterocycles. The van der Waals surface area contributed by atoms with Gasteiger partial charge in [0.2, 0.25) is 5.88 Å². The minimum absolute atomic E-state index is 0.0117. The van der Waals surface area contributed by atoms with Crippen LogP contribution in [-0.4, -0.2) is 35.9 Å². The summed E-state index contributed by atoms with van der Waals surface area (Å²) >= 11 is 0. The Labute approximate surface area is 98.4 Å². The van der Waals surface area contributed by atoms with Gasteiger partial charge >= 0.3 is 5.97 Å². The first-order valence-corrected chi connectivity index (χ1v) is 5.37. The molecule has 1 fully saturated rings. The number of pyridine rings is 1. The molecule has 0 aliphatic carbocycles. The Morgan fingerprint density at radius 1 is 1.71 bits per heavy atom. The summed E-state index contributed by atoms with van der Waals surface area (Å²) in [4.78, 5) is 14.8. The van der Waals surface area contributed by atoms with Crippen molar-refractivity contribution < 1.29 is 19.4 Å². The van der Waals surface area contributed by atoms with Gasteiger partial charge in [-0.15, -0.1) is 0 Å². The van der Waals surface area contributed by atoms with Gasteiger partial charge in [-0.3, -0.25) is 0 Å². The highest BCUT2D eigenvalue weighted by molar-refractivity contribution is 5.94. The minimum Gasteiger partial charge on any atom is -0.478 e. The predicted molar refractivity (Wildman–Crippen MR) is 60.0 cm³/mol. The summed E-state index contributed by atoms with van der Waals surface area (Å²) in [5, 5.41) is 8.89. The normalized spacial score (nSPS) is 19.2. The van der Waals surface area contributed by atoms with Crippen LogP contribution in [0.5, 0.6) is 5.88 Å². The quantitative estimate of drug-likeness (QED) is 0.804. The lowest BCUT2D eigenvalue weighted by molar-refractivity contribution is 0.0697. The van der Waals surface area contributed by atoms with Gasteiger partial charge in [-0.25, -0.2) is 9.78 Å². The summed E-state index contributed by atoms with van der Waals surface area (Å²) in [5.74, 6) is -0.583. The van der Waals surface area contributed by atoms with Gasteiger partial charge in [0.1, 0.15) is 5.69 Å². The maximum absolute atomic E-state index is 10.9. The second kappa shape index (κ2) is 5.01. The van der Waals surface area contributed by atoms with Gasteiger partial charge < -0.3 is 20.3 Å². The number of hydrogen-bond donors (Lipinski definition) is 2. The first-order chi connectivity index (χ1) is 8.18. The first kappa shape index (κ1) is 11.7. The molecule has 1 saturated heterocycles. The molecule has 1 aromatic rings. The highest BCUT2D eigenvalue weighted by Crippen LogP contribution is 2.23. The topological polar surface area (TPSA) is 94.7 Å². The molecule has 1 unspecified atom stereocenters. The van der Waals surface area contributed by atoms with E-state index in [1.165, 1.54) is 12.3 Å². The van der Waals surface area contributed by atoms with E-state index in [1.807, 2.05) is 0 Å². The van der Waals surface area contributed by atoms with E-state index in [0.717, 1.165) is 13.0 Å². The fraction of sp³-hybridized carbons (Fsp3) is 0.455. The molecular weight excluding hydrogens is 224 g/mol. The van der Waals surface area contributed by atoms with Crippen molar-refractivity contribution in [2.75, 3.05) is 25.6 Å². The molecule has 6 nitrogen and oxygen atoms in total. The number of aromatic carboxylic acids is 1. The Balaban J connectivity index is 2.04. The summed E-state index contributed by atoms with van der Waals surface area (Å²) in [7, 11) is 0. The Kier molecular flexibility index (Phi) is 3.43.